The van der Waals surface area contributed by atoms with Crippen molar-refractivity contribution in [2.24, 2.45) is 0 Å². The molecular formula is C13H17F2N. The molecule has 0 aromatic heterocycles. The standard InChI is InChI=1S/C13H17F2N/c14-12-3-1-2-11(10-12)4-5-13(15)6-8-16-9-7-13/h1-3,10,16H,4-9H2. The molecule has 16 heavy (non-hydrogen) atoms. The maximum Gasteiger partial charge on any atom is 0.123 e. The normalized spacial score (nSPS) is 19.6. The van der Waals surface area contributed by atoms with E-state index in [2.05, 4.69) is 5.32 Å². The molecule has 88 valence electrons. The predicted octanol–water partition coefficient (Wildman–Crippen LogP) is 2.85. The summed E-state index contributed by atoms with van der Waals surface area (Å²) in [6.07, 6.45) is 2.26. The molecule has 1 aliphatic heterocycles. The number of alkyl halides is 1. The van der Waals surface area contributed by atoms with Crippen molar-refractivity contribution in [1.82, 2.24) is 5.32 Å². The van der Waals surface area contributed by atoms with Crippen LogP contribution in [0, 0.1) is 5.82 Å². The van der Waals surface area contributed by atoms with Crippen LogP contribution in [-0.2, 0) is 6.42 Å². The molecule has 1 aliphatic rings. The summed E-state index contributed by atoms with van der Waals surface area (Å²) in [6.45, 7) is 1.50. The van der Waals surface area contributed by atoms with Crippen LogP contribution in [0.4, 0.5) is 8.78 Å². The van der Waals surface area contributed by atoms with Crippen molar-refractivity contribution >= 4 is 0 Å². The predicted molar refractivity (Wildman–Crippen MR) is 60.7 cm³/mol. The van der Waals surface area contributed by atoms with Gasteiger partial charge in [0.25, 0.3) is 0 Å². The lowest BCUT2D eigenvalue weighted by Crippen LogP contribution is -2.38. The Morgan fingerprint density at radius 1 is 1.25 bits per heavy atom. The lowest BCUT2D eigenvalue weighted by Gasteiger charge is -2.30. The Bertz CT molecular complexity index is 346. The minimum absolute atomic E-state index is 0.240. The molecule has 0 aliphatic carbocycles. The van der Waals surface area contributed by atoms with Gasteiger partial charge < -0.3 is 5.32 Å². The molecule has 0 spiro atoms. The van der Waals surface area contributed by atoms with E-state index in [-0.39, 0.29) is 5.82 Å². The van der Waals surface area contributed by atoms with Gasteiger partial charge in [0, 0.05) is 0 Å². The average molecular weight is 225 g/mol. The number of halogens is 2. The third-order valence-electron chi connectivity index (χ3n) is 3.25. The lowest BCUT2D eigenvalue weighted by atomic mass is 9.88. The van der Waals surface area contributed by atoms with E-state index in [1.54, 1.807) is 6.07 Å². The number of hydrogen-bond donors (Lipinski definition) is 1. The van der Waals surface area contributed by atoms with Crippen LogP contribution in [0.3, 0.4) is 0 Å². The van der Waals surface area contributed by atoms with Crippen molar-refractivity contribution in [3.05, 3.63) is 35.6 Å². The fourth-order valence-electron chi connectivity index (χ4n) is 2.19. The Morgan fingerprint density at radius 3 is 2.69 bits per heavy atom. The Morgan fingerprint density at radius 2 is 2.00 bits per heavy atom. The van der Waals surface area contributed by atoms with Crippen LogP contribution in [0.2, 0.25) is 0 Å². The van der Waals surface area contributed by atoms with Crippen molar-refractivity contribution in [3.8, 4) is 0 Å². The summed E-state index contributed by atoms with van der Waals surface area (Å²) in [4.78, 5) is 0. The molecular weight excluding hydrogens is 208 g/mol. The quantitative estimate of drug-likeness (QED) is 0.834. The summed E-state index contributed by atoms with van der Waals surface area (Å²) < 4.78 is 27.1. The van der Waals surface area contributed by atoms with Gasteiger partial charge in [-0.25, -0.2) is 8.78 Å². The highest BCUT2D eigenvalue weighted by Gasteiger charge is 2.30. The van der Waals surface area contributed by atoms with E-state index in [1.165, 1.54) is 12.1 Å². The van der Waals surface area contributed by atoms with Gasteiger partial charge in [-0.3, -0.25) is 0 Å². The zero-order chi connectivity index (χ0) is 11.4. The van der Waals surface area contributed by atoms with E-state index >= 15 is 0 Å². The van der Waals surface area contributed by atoms with E-state index in [0.717, 1.165) is 18.7 Å². The van der Waals surface area contributed by atoms with Crippen LogP contribution in [0.1, 0.15) is 24.8 Å². The van der Waals surface area contributed by atoms with E-state index in [9.17, 15) is 8.78 Å². The van der Waals surface area contributed by atoms with Gasteiger partial charge in [-0.05, 0) is 56.5 Å². The summed E-state index contributed by atoms with van der Waals surface area (Å²) in [5, 5.41) is 3.15. The van der Waals surface area contributed by atoms with Crippen molar-refractivity contribution in [1.29, 1.82) is 0 Å². The smallest absolute Gasteiger partial charge is 0.123 e. The molecule has 2 rings (SSSR count). The maximum absolute atomic E-state index is 14.2. The van der Waals surface area contributed by atoms with E-state index < -0.39 is 5.67 Å². The van der Waals surface area contributed by atoms with Crippen LogP contribution in [0.5, 0.6) is 0 Å². The molecule has 1 heterocycles. The Labute approximate surface area is 94.9 Å². The van der Waals surface area contributed by atoms with Crippen molar-refractivity contribution in [2.45, 2.75) is 31.4 Å². The van der Waals surface area contributed by atoms with Crippen LogP contribution < -0.4 is 5.32 Å². The number of hydrogen-bond acceptors (Lipinski definition) is 1. The summed E-state index contributed by atoms with van der Waals surface area (Å²) in [7, 11) is 0. The summed E-state index contributed by atoms with van der Waals surface area (Å²) in [6, 6.07) is 6.44. The largest absolute Gasteiger partial charge is 0.316 e. The second-order valence-corrected chi connectivity index (χ2v) is 4.53. The molecule has 1 nitrogen and oxygen atoms in total. The van der Waals surface area contributed by atoms with E-state index in [0.29, 0.717) is 25.7 Å². The van der Waals surface area contributed by atoms with E-state index in [4.69, 9.17) is 0 Å². The highest BCUT2D eigenvalue weighted by atomic mass is 19.1. The molecule has 0 radical (unpaired) electrons. The molecule has 1 aromatic rings. The average Bonchev–Trinajstić information content (AvgIpc) is 2.28. The van der Waals surface area contributed by atoms with Gasteiger partial charge in [0.1, 0.15) is 11.5 Å². The number of piperidine rings is 1. The monoisotopic (exact) mass is 225 g/mol. The molecule has 1 N–H and O–H groups in total. The molecule has 0 amide bonds. The molecule has 0 saturated carbocycles. The van der Waals surface area contributed by atoms with Gasteiger partial charge in [-0.15, -0.1) is 0 Å². The molecule has 1 fully saturated rings. The SMILES string of the molecule is Fc1cccc(CCC2(F)CCNCC2)c1. The van der Waals surface area contributed by atoms with Crippen molar-refractivity contribution in [3.63, 3.8) is 0 Å². The second-order valence-electron chi connectivity index (χ2n) is 4.53. The zero-order valence-electron chi connectivity index (χ0n) is 9.31. The first-order valence-electron chi connectivity index (χ1n) is 5.82. The topological polar surface area (TPSA) is 12.0 Å². The fraction of sp³-hybridized carbons (Fsp3) is 0.538. The van der Waals surface area contributed by atoms with Gasteiger partial charge in [-0.1, -0.05) is 12.1 Å². The van der Waals surface area contributed by atoms with Gasteiger partial charge in [0.2, 0.25) is 0 Å². The van der Waals surface area contributed by atoms with Gasteiger partial charge in [0.15, 0.2) is 0 Å². The lowest BCUT2D eigenvalue weighted by molar-refractivity contribution is 0.105. The highest BCUT2D eigenvalue weighted by molar-refractivity contribution is 5.16. The molecule has 1 aromatic carbocycles. The summed E-state index contributed by atoms with van der Waals surface area (Å²) in [5.74, 6) is -0.240. The minimum Gasteiger partial charge on any atom is -0.316 e. The Balaban J connectivity index is 1.91. The van der Waals surface area contributed by atoms with Crippen LogP contribution >= 0.6 is 0 Å². The molecule has 0 atom stereocenters. The van der Waals surface area contributed by atoms with Crippen LogP contribution in [-0.4, -0.2) is 18.8 Å². The number of aryl methyl sites for hydroxylation is 1. The van der Waals surface area contributed by atoms with Gasteiger partial charge >= 0.3 is 0 Å². The van der Waals surface area contributed by atoms with Crippen LogP contribution in [0.25, 0.3) is 0 Å². The first kappa shape index (κ1) is 11.5. The van der Waals surface area contributed by atoms with Gasteiger partial charge in [-0.2, -0.15) is 0 Å². The number of benzene rings is 1. The number of rotatable bonds is 3. The summed E-state index contributed by atoms with van der Waals surface area (Å²) in [5.41, 5.74) is -0.173. The second kappa shape index (κ2) is 4.91. The third-order valence-corrected chi connectivity index (χ3v) is 3.25. The molecule has 1 saturated heterocycles. The van der Waals surface area contributed by atoms with Gasteiger partial charge in [0.05, 0.1) is 0 Å². The number of nitrogens with one attached hydrogen (secondary N) is 1. The van der Waals surface area contributed by atoms with Crippen molar-refractivity contribution < 1.29 is 8.78 Å². The minimum atomic E-state index is -1.06. The Kier molecular flexibility index (Phi) is 3.54. The molecule has 0 unspecified atom stereocenters. The van der Waals surface area contributed by atoms with E-state index in [1.807, 2.05) is 6.07 Å². The molecule has 3 heteroatoms. The van der Waals surface area contributed by atoms with Crippen LogP contribution in [0.15, 0.2) is 24.3 Å². The highest BCUT2D eigenvalue weighted by Crippen LogP contribution is 2.28. The zero-order valence-corrected chi connectivity index (χ0v) is 9.31. The van der Waals surface area contributed by atoms with Crippen molar-refractivity contribution in [2.75, 3.05) is 13.1 Å². The Hall–Kier alpha value is -0.960. The molecule has 0 bridgehead atoms. The third kappa shape index (κ3) is 3.01. The first-order valence-corrected chi connectivity index (χ1v) is 5.82. The fourth-order valence-corrected chi connectivity index (χ4v) is 2.19. The first-order chi connectivity index (χ1) is 7.68. The summed E-state index contributed by atoms with van der Waals surface area (Å²) >= 11 is 0. The maximum atomic E-state index is 14.2.